The molecule has 0 radical (unpaired) electrons. The number of hydrogen-bond acceptors (Lipinski definition) is 5. The number of methoxy groups -OCH3 is 2. The van der Waals surface area contributed by atoms with Crippen LogP contribution < -0.4 is 4.74 Å². The van der Waals surface area contributed by atoms with Crippen molar-refractivity contribution in [2.75, 3.05) is 20.0 Å². The largest absolute Gasteiger partial charge is 0.497 e. The molecule has 3 atom stereocenters. The van der Waals surface area contributed by atoms with Gasteiger partial charge in [-0.05, 0) is 42.5 Å². The Hall–Kier alpha value is -2.58. The molecular weight excluding hydrogens is 431 g/mol. The fourth-order valence-electron chi connectivity index (χ4n) is 4.65. The van der Waals surface area contributed by atoms with Gasteiger partial charge in [-0.3, -0.25) is 4.90 Å². The van der Waals surface area contributed by atoms with E-state index in [9.17, 15) is 9.90 Å². The van der Waals surface area contributed by atoms with Crippen molar-refractivity contribution in [1.29, 1.82) is 0 Å². The topological polar surface area (TPSA) is 71.4 Å². The first kappa shape index (κ1) is 22.6. The van der Waals surface area contributed by atoms with Crippen LogP contribution in [0.1, 0.15) is 30.4 Å². The average molecular weight is 459 g/mol. The van der Waals surface area contributed by atoms with Crippen LogP contribution in [-0.2, 0) is 16.8 Å². The van der Waals surface area contributed by atoms with Crippen molar-refractivity contribution in [3.63, 3.8) is 0 Å². The van der Waals surface area contributed by atoms with E-state index in [0.717, 1.165) is 18.4 Å². The minimum Gasteiger partial charge on any atom is -0.497 e. The van der Waals surface area contributed by atoms with Gasteiger partial charge in [0.25, 0.3) is 0 Å². The van der Waals surface area contributed by atoms with E-state index in [1.807, 2.05) is 18.2 Å². The molecule has 0 saturated heterocycles. The Morgan fingerprint density at radius 1 is 1.22 bits per heavy atom. The standard InChI is InChI=1S/C24H27FN2O4S/c1-30-18-10-7-16(8-11-18)14-27(23(28)29)22-26-24(20-5-3-4-6-21(20)25)13-19(31-2)12-9-17(24)15-32-22/h3-8,10-11,17,19H,9,12-15H2,1-2H3,(H,28,29). The molecule has 1 heterocycles. The van der Waals surface area contributed by atoms with Gasteiger partial charge >= 0.3 is 6.09 Å². The Kier molecular flexibility index (Phi) is 6.71. The third-order valence-corrected chi connectivity index (χ3v) is 7.53. The van der Waals surface area contributed by atoms with Crippen LogP contribution in [0.2, 0.25) is 0 Å². The smallest absolute Gasteiger partial charge is 0.413 e. The van der Waals surface area contributed by atoms with Crippen molar-refractivity contribution in [3.8, 4) is 5.75 Å². The molecule has 3 unspecified atom stereocenters. The number of amides is 1. The van der Waals surface area contributed by atoms with Gasteiger partial charge in [0.15, 0.2) is 5.17 Å². The number of nitrogens with zero attached hydrogens (tertiary/aromatic N) is 2. The molecule has 0 aromatic heterocycles. The minimum absolute atomic E-state index is 0.0566. The van der Waals surface area contributed by atoms with E-state index in [1.165, 1.54) is 22.7 Å². The molecule has 2 aliphatic rings. The third-order valence-electron chi connectivity index (χ3n) is 6.40. The first-order valence-electron chi connectivity index (χ1n) is 10.6. The van der Waals surface area contributed by atoms with E-state index in [4.69, 9.17) is 14.5 Å². The summed E-state index contributed by atoms with van der Waals surface area (Å²) in [4.78, 5) is 18.5. The summed E-state index contributed by atoms with van der Waals surface area (Å²) in [5.41, 5.74) is 0.481. The normalized spacial score (nSPS) is 24.9. The van der Waals surface area contributed by atoms with Crippen LogP contribution in [0.3, 0.4) is 0 Å². The maximum absolute atomic E-state index is 15.0. The van der Waals surface area contributed by atoms with Crippen LogP contribution in [0.25, 0.3) is 0 Å². The summed E-state index contributed by atoms with van der Waals surface area (Å²) >= 11 is 1.43. The van der Waals surface area contributed by atoms with Crippen LogP contribution in [0.15, 0.2) is 53.5 Å². The van der Waals surface area contributed by atoms with E-state index >= 15 is 4.39 Å². The predicted octanol–water partition coefficient (Wildman–Crippen LogP) is 5.13. The lowest BCUT2D eigenvalue weighted by Gasteiger charge is -2.47. The first-order chi connectivity index (χ1) is 15.5. The van der Waals surface area contributed by atoms with E-state index in [1.54, 1.807) is 38.5 Å². The number of halogens is 1. The van der Waals surface area contributed by atoms with Gasteiger partial charge in [-0.25, -0.2) is 14.2 Å². The Labute approximate surface area is 191 Å². The number of amidine groups is 1. The minimum atomic E-state index is -1.09. The van der Waals surface area contributed by atoms with E-state index in [-0.39, 0.29) is 24.4 Å². The molecule has 1 aliphatic heterocycles. The highest BCUT2D eigenvalue weighted by Crippen LogP contribution is 2.51. The van der Waals surface area contributed by atoms with E-state index in [0.29, 0.717) is 28.7 Å². The summed E-state index contributed by atoms with van der Waals surface area (Å²) in [7, 11) is 3.25. The van der Waals surface area contributed by atoms with Crippen LogP contribution >= 0.6 is 11.8 Å². The molecule has 8 heteroatoms. The molecule has 1 fully saturated rings. The number of rotatable bonds is 5. The SMILES string of the molecule is COc1ccc(CN(C(=O)O)C2=NC3(c4ccccc4F)CC(OC)CCC3CS2)cc1. The van der Waals surface area contributed by atoms with Crippen molar-refractivity contribution >= 4 is 23.0 Å². The summed E-state index contributed by atoms with van der Waals surface area (Å²) in [6.07, 6.45) is 1.11. The Balaban J connectivity index is 1.75. The maximum Gasteiger partial charge on any atom is 0.413 e. The number of fused-ring (bicyclic) bond motifs is 1. The number of thioether (sulfide) groups is 1. The van der Waals surface area contributed by atoms with Gasteiger partial charge in [0.05, 0.1) is 25.3 Å². The van der Waals surface area contributed by atoms with Crippen LogP contribution in [0, 0.1) is 11.7 Å². The fraction of sp³-hybridized carbons (Fsp3) is 0.417. The molecule has 2 aromatic rings. The zero-order valence-electron chi connectivity index (χ0n) is 18.2. The second kappa shape index (κ2) is 9.50. The van der Waals surface area contributed by atoms with E-state index in [2.05, 4.69) is 0 Å². The zero-order chi connectivity index (χ0) is 22.7. The molecule has 0 spiro atoms. The first-order valence-corrected chi connectivity index (χ1v) is 11.6. The second-order valence-electron chi connectivity index (χ2n) is 8.16. The summed E-state index contributed by atoms with van der Waals surface area (Å²) in [6.45, 7) is 0.150. The zero-order valence-corrected chi connectivity index (χ0v) is 19.0. The number of carbonyl (C=O) groups is 1. The van der Waals surface area contributed by atoms with Gasteiger partial charge in [0.1, 0.15) is 11.6 Å². The van der Waals surface area contributed by atoms with Crippen LogP contribution in [0.4, 0.5) is 9.18 Å². The molecule has 1 saturated carbocycles. The molecule has 32 heavy (non-hydrogen) atoms. The highest BCUT2D eigenvalue weighted by molar-refractivity contribution is 8.13. The van der Waals surface area contributed by atoms with Crippen molar-refractivity contribution < 1.29 is 23.8 Å². The summed E-state index contributed by atoms with van der Waals surface area (Å²) in [6, 6.07) is 14.0. The molecule has 1 amide bonds. The van der Waals surface area contributed by atoms with Crippen molar-refractivity contribution in [1.82, 2.24) is 4.90 Å². The number of carboxylic acid groups (broad SMARTS) is 1. The summed E-state index contributed by atoms with van der Waals surface area (Å²) in [5.74, 6) is 1.17. The Morgan fingerprint density at radius 2 is 1.97 bits per heavy atom. The summed E-state index contributed by atoms with van der Waals surface area (Å²) in [5, 5.41) is 10.4. The molecule has 2 aromatic carbocycles. The molecule has 6 nitrogen and oxygen atoms in total. The monoisotopic (exact) mass is 458 g/mol. The number of hydrogen-bond donors (Lipinski definition) is 1. The maximum atomic E-state index is 15.0. The highest BCUT2D eigenvalue weighted by Gasteiger charge is 2.50. The second-order valence-corrected chi connectivity index (χ2v) is 9.15. The summed E-state index contributed by atoms with van der Waals surface area (Å²) < 4.78 is 25.9. The van der Waals surface area contributed by atoms with E-state index < -0.39 is 11.6 Å². The van der Waals surface area contributed by atoms with Gasteiger partial charge in [0.2, 0.25) is 0 Å². The molecule has 170 valence electrons. The van der Waals surface area contributed by atoms with Crippen molar-refractivity contribution in [2.45, 2.75) is 37.5 Å². The Bertz CT molecular complexity index is 1000. The van der Waals surface area contributed by atoms with Crippen LogP contribution in [0.5, 0.6) is 5.75 Å². The average Bonchev–Trinajstić information content (AvgIpc) is 2.82. The lowest BCUT2D eigenvalue weighted by molar-refractivity contribution is 0.0189. The van der Waals surface area contributed by atoms with Crippen LogP contribution in [-0.4, -0.2) is 47.3 Å². The molecule has 4 rings (SSSR count). The van der Waals surface area contributed by atoms with Crippen molar-refractivity contribution in [3.05, 3.63) is 65.5 Å². The van der Waals surface area contributed by atoms with Gasteiger partial charge < -0.3 is 14.6 Å². The number of benzene rings is 2. The Morgan fingerprint density at radius 3 is 2.62 bits per heavy atom. The van der Waals surface area contributed by atoms with Crippen molar-refractivity contribution in [2.24, 2.45) is 10.9 Å². The molecule has 1 N–H and O–H groups in total. The quantitative estimate of drug-likeness (QED) is 0.673. The van der Waals surface area contributed by atoms with Gasteiger partial charge in [0, 0.05) is 24.8 Å². The highest BCUT2D eigenvalue weighted by atomic mass is 32.2. The third kappa shape index (κ3) is 4.34. The molecular formula is C24H27FN2O4S. The van der Waals surface area contributed by atoms with Gasteiger partial charge in [-0.2, -0.15) is 0 Å². The van der Waals surface area contributed by atoms with Gasteiger partial charge in [-0.1, -0.05) is 42.1 Å². The predicted molar refractivity (Wildman–Crippen MR) is 123 cm³/mol. The number of ether oxygens (including phenoxy) is 2. The van der Waals surface area contributed by atoms with Gasteiger partial charge in [-0.15, -0.1) is 0 Å². The fourth-order valence-corrected chi connectivity index (χ4v) is 5.97. The lowest BCUT2D eigenvalue weighted by atomic mass is 9.68. The molecule has 1 aliphatic carbocycles. The lowest BCUT2D eigenvalue weighted by Crippen LogP contribution is -2.49. The molecule has 0 bridgehead atoms. The number of aliphatic imine (C=N–C) groups is 1.